The van der Waals surface area contributed by atoms with E-state index in [1.165, 1.54) is 4.72 Å². The van der Waals surface area contributed by atoms with Gasteiger partial charge in [-0.3, -0.25) is 0 Å². The Labute approximate surface area is 195 Å². The van der Waals surface area contributed by atoms with Gasteiger partial charge in [0.15, 0.2) is 9.84 Å². The van der Waals surface area contributed by atoms with E-state index in [-0.39, 0.29) is 0 Å². The Hall–Kier alpha value is -2.26. The van der Waals surface area contributed by atoms with Gasteiger partial charge in [-0.05, 0) is 67.3 Å². The highest BCUT2D eigenvalue weighted by molar-refractivity contribution is 7.92. The molecule has 0 radical (unpaired) electrons. The summed E-state index contributed by atoms with van der Waals surface area (Å²) in [5, 5.41) is -1.58. The number of rotatable bonds is 5. The highest BCUT2D eigenvalue weighted by Gasteiger charge is 2.49. The van der Waals surface area contributed by atoms with Gasteiger partial charge in [0.25, 0.3) is 0 Å². The van der Waals surface area contributed by atoms with Crippen molar-refractivity contribution in [3.63, 3.8) is 0 Å². The zero-order valence-corrected chi connectivity index (χ0v) is 19.0. The minimum Gasteiger partial charge on any atom is -0.223 e. The first-order valence-electron chi connectivity index (χ1n) is 9.88. The van der Waals surface area contributed by atoms with Gasteiger partial charge < -0.3 is 0 Å². The molecule has 0 aromatic heterocycles. The van der Waals surface area contributed by atoms with E-state index in [9.17, 15) is 52.0 Å². The van der Waals surface area contributed by atoms with Crippen LogP contribution in [0.5, 0.6) is 0 Å². The second kappa shape index (κ2) is 9.32. The molecule has 3 atom stereocenters. The number of hydrogen-bond acceptors (Lipinski definition) is 4. The first-order chi connectivity index (χ1) is 15.9. The molecule has 0 saturated heterocycles. The van der Waals surface area contributed by atoms with Crippen LogP contribution in [0, 0.1) is 11.6 Å². The number of hydrogen-bond donors (Lipinski definition) is 1. The lowest BCUT2D eigenvalue weighted by Crippen LogP contribution is -2.47. The van der Waals surface area contributed by atoms with Crippen LogP contribution in [0.4, 0.5) is 35.1 Å². The molecule has 35 heavy (non-hydrogen) atoms. The second-order valence-corrected chi connectivity index (χ2v) is 11.8. The van der Waals surface area contributed by atoms with Crippen LogP contribution in [0.2, 0.25) is 0 Å². The van der Waals surface area contributed by atoms with Crippen molar-refractivity contribution in [1.29, 1.82) is 0 Å². The summed E-state index contributed by atoms with van der Waals surface area (Å²) in [5.41, 5.74) is -7.30. The van der Waals surface area contributed by atoms with E-state index in [0.29, 0.717) is 36.4 Å². The van der Waals surface area contributed by atoms with E-state index in [2.05, 4.69) is 0 Å². The summed E-state index contributed by atoms with van der Waals surface area (Å²) in [4.78, 5) is -0.563. The molecule has 1 fully saturated rings. The number of nitrogens with one attached hydrogen (secondary N) is 1. The third-order valence-electron chi connectivity index (χ3n) is 5.68. The molecule has 1 aliphatic rings. The lowest BCUT2D eigenvalue weighted by molar-refractivity contribution is -0.137. The molecule has 1 N–H and O–H groups in total. The Morgan fingerprint density at radius 3 is 1.97 bits per heavy atom. The van der Waals surface area contributed by atoms with Crippen LogP contribution >= 0.6 is 0 Å². The summed E-state index contributed by atoms with van der Waals surface area (Å²) in [6.07, 6.45) is -6.27. The first kappa shape index (κ1) is 27.3. The van der Waals surface area contributed by atoms with E-state index in [0.717, 1.165) is 6.07 Å². The smallest absolute Gasteiger partial charge is 0.223 e. The lowest BCUT2D eigenvalue weighted by Gasteiger charge is -2.36. The number of benzene rings is 2. The molecule has 0 aliphatic heterocycles. The SMILES string of the molecule is O=S(=O)(c1ccc(C(F)(F)F)cc1)[C@H]1CC[C@@H](NS(=O)(=O)C(F)(F)F)C[C@@H]1c1cc(F)ccc1F. The first-order valence-corrected chi connectivity index (χ1v) is 12.9. The van der Waals surface area contributed by atoms with Gasteiger partial charge in [-0.25, -0.2) is 30.3 Å². The van der Waals surface area contributed by atoms with Crippen LogP contribution in [-0.2, 0) is 26.0 Å². The second-order valence-electron chi connectivity index (χ2n) is 7.95. The zero-order valence-electron chi connectivity index (χ0n) is 17.4. The summed E-state index contributed by atoms with van der Waals surface area (Å²) >= 11 is 0. The summed E-state index contributed by atoms with van der Waals surface area (Å²) < 4.78 is 156. The third-order valence-corrected chi connectivity index (χ3v) is 9.22. The summed E-state index contributed by atoms with van der Waals surface area (Å²) in [7, 11) is -10.3. The number of alkyl halides is 6. The monoisotopic (exact) mass is 551 g/mol. The van der Waals surface area contributed by atoms with Gasteiger partial charge >= 0.3 is 21.7 Å². The van der Waals surface area contributed by atoms with Crippen molar-refractivity contribution >= 4 is 19.9 Å². The van der Waals surface area contributed by atoms with Crippen molar-refractivity contribution in [3.8, 4) is 0 Å². The van der Waals surface area contributed by atoms with Crippen molar-refractivity contribution in [3.05, 3.63) is 65.2 Å². The molecule has 1 aliphatic carbocycles. The fraction of sp³-hybridized carbons (Fsp3) is 0.400. The normalized spacial score (nSPS) is 22.2. The van der Waals surface area contributed by atoms with E-state index in [1.54, 1.807) is 0 Å². The molecule has 3 rings (SSSR count). The average Bonchev–Trinajstić information content (AvgIpc) is 2.73. The van der Waals surface area contributed by atoms with Crippen LogP contribution in [0.3, 0.4) is 0 Å². The Morgan fingerprint density at radius 2 is 1.43 bits per heavy atom. The Balaban J connectivity index is 2.02. The van der Waals surface area contributed by atoms with Crippen molar-refractivity contribution in [2.75, 3.05) is 0 Å². The molecule has 194 valence electrons. The van der Waals surface area contributed by atoms with Crippen LogP contribution in [0.25, 0.3) is 0 Å². The molecule has 0 bridgehead atoms. The van der Waals surface area contributed by atoms with Crippen LogP contribution < -0.4 is 4.72 Å². The molecule has 0 unspecified atom stereocenters. The fourth-order valence-corrected chi connectivity index (χ4v) is 6.83. The predicted molar refractivity (Wildman–Crippen MR) is 107 cm³/mol. The van der Waals surface area contributed by atoms with Gasteiger partial charge in [0.05, 0.1) is 15.7 Å². The topological polar surface area (TPSA) is 80.3 Å². The number of sulfonamides is 1. The minimum absolute atomic E-state index is 0.409. The maximum atomic E-state index is 14.6. The fourth-order valence-electron chi connectivity index (χ4n) is 4.04. The largest absolute Gasteiger partial charge is 0.511 e. The molecular formula is C20H17F8NO4S2. The minimum atomic E-state index is -5.82. The molecular weight excluding hydrogens is 534 g/mol. The summed E-state index contributed by atoms with van der Waals surface area (Å²) in [6, 6.07) is 3.01. The Morgan fingerprint density at radius 1 is 0.829 bits per heavy atom. The molecule has 0 heterocycles. The van der Waals surface area contributed by atoms with Gasteiger partial charge in [0.2, 0.25) is 0 Å². The predicted octanol–water partition coefficient (Wildman–Crippen LogP) is 4.90. The zero-order chi connectivity index (χ0) is 26.4. The van der Waals surface area contributed by atoms with Gasteiger partial charge in [-0.2, -0.15) is 26.3 Å². The number of sulfone groups is 1. The summed E-state index contributed by atoms with van der Waals surface area (Å²) in [6.45, 7) is 0. The molecule has 15 heteroatoms. The van der Waals surface area contributed by atoms with E-state index < -0.39 is 95.7 Å². The maximum absolute atomic E-state index is 14.6. The van der Waals surface area contributed by atoms with Gasteiger partial charge in [-0.1, -0.05) is 0 Å². The Kier molecular flexibility index (Phi) is 7.27. The van der Waals surface area contributed by atoms with Crippen molar-refractivity contribution in [2.24, 2.45) is 0 Å². The quantitative estimate of drug-likeness (QED) is 0.537. The third kappa shape index (κ3) is 5.77. The lowest BCUT2D eigenvalue weighted by atomic mass is 9.81. The van der Waals surface area contributed by atoms with Crippen LogP contribution in [0.15, 0.2) is 47.4 Å². The molecule has 2 aromatic carbocycles. The molecule has 1 saturated carbocycles. The highest BCUT2D eigenvalue weighted by Crippen LogP contribution is 2.42. The van der Waals surface area contributed by atoms with Gasteiger partial charge in [0.1, 0.15) is 11.6 Å². The molecule has 5 nitrogen and oxygen atoms in total. The van der Waals surface area contributed by atoms with Crippen molar-refractivity contribution in [1.82, 2.24) is 4.72 Å². The van der Waals surface area contributed by atoms with Crippen LogP contribution in [0.1, 0.15) is 36.3 Å². The maximum Gasteiger partial charge on any atom is 0.511 e. The van der Waals surface area contributed by atoms with Crippen molar-refractivity contribution < 1.29 is 52.0 Å². The van der Waals surface area contributed by atoms with Gasteiger partial charge in [0, 0.05) is 12.0 Å². The van der Waals surface area contributed by atoms with E-state index >= 15 is 0 Å². The molecule has 2 aromatic rings. The molecule has 0 amide bonds. The highest BCUT2D eigenvalue weighted by atomic mass is 32.2. The summed E-state index contributed by atoms with van der Waals surface area (Å²) in [5.74, 6) is -3.57. The van der Waals surface area contributed by atoms with Crippen molar-refractivity contribution in [2.45, 2.75) is 53.1 Å². The van der Waals surface area contributed by atoms with Crippen LogP contribution in [-0.4, -0.2) is 33.6 Å². The standard InChI is InChI=1S/C20H17F8NO4S2/c21-12-3-7-17(22)15(9-12)16-10-13(29-35(32,33)20(26,27)28)4-8-18(16)34(30,31)14-5-1-11(2-6-14)19(23,24)25/h1-3,5-7,9,13,16,18,29H,4,8,10H2/t13-,16-,18+/m1/s1. The average molecular weight is 551 g/mol. The molecule has 0 spiro atoms. The number of halogens is 8. The Bertz CT molecular complexity index is 1290. The van der Waals surface area contributed by atoms with E-state index in [1.807, 2.05) is 0 Å². The van der Waals surface area contributed by atoms with Gasteiger partial charge in [-0.15, -0.1) is 0 Å². The van der Waals surface area contributed by atoms with E-state index in [4.69, 9.17) is 0 Å².